The van der Waals surface area contributed by atoms with Gasteiger partial charge in [0.1, 0.15) is 5.60 Å². The SMILES string of the molecule is COC(=O)C1(C(O)COCc2ccccc2)CCN(C(=O)OC(C)(C)C)CC1. The number of carbonyl (C=O) groups excluding carboxylic acids is 2. The molecular weight excluding hydrogens is 362 g/mol. The Morgan fingerprint density at radius 2 is 1.79 bits per heavy atom. The van der Waals surface area contributed by atoms with E-state index in [9.17, 15) is 14.7 Å². The minimum Gasteiger partial charge on any atom is -0.469 e. The van der Waals surface area contributed by atoms with Crippen LogP contribution < -0.4 is 0 Å². The lowest BCUT2D eigenvalue weighted by molar-refractivity contribution is -0.169. The van der Waals surface area contributed by atoms with Gasteiger partial charge in [0.2, 0.25) is 0 Å². The molecule has 1 saturated heterocycles. The highest BCUT2D eigenvalue weighted by Crippen LogP contribution is 2.37. The number of ether oxygens (including phenoxy) is 3. The molecule has 1 fully saturated rings. The lowest BCUT2D eigenvalue weighted by Crippen LogP contribution is -2.54. The van der Waals surface area contributed by atoms with Gasteiger partial charge < -0.3 is 24.2 Å². The van der Waals surface area contributed by atoms with Crippen LogP contribution in [0.4, 0.5) is 4.79 Å². The molecule has 0 saturated carbocycles. The Hall–Kier alpha value is -2.12. The van der Waals surface area contributed by atoms with E-state index >= 15 is 0 Å². The number of methoxy groups -OCH3 is 1. The largest absolute Gasteiger partial charge is 0.469 e. The van der Waals surface area contributed by atoms with Crippen molar-refractivity contribution in [2.24, 2.45) is 5.41 Å². The van der Waals surface area contributed by atoms with Gasteiger partial charge in [0.15, 0.2) is 0 Å². The number of carbonyl (C=O) groups is 2. The van der Waals surface area contributed by atoms with Crippen molar-refractivity contribution in [2.45, 2.75) is 51.9 Å². The van der Waals surface area contributed by atoms with Gasteiger partial charge in [-0.1, -0.05) is 30.3 Å². The van der Waals surface area contributed by atoms with Crippen LogP contribution in [0.25, 0.3) is 0 Å². The molecule has 1 unspecified atom stereocenters. The Kier molecular flexibility index (Phi) is 7.43. The number of aliphatic hydroxyl groups excluding tert-OH is 1. The van der Waals surface area contributed by atoms with Crippen LogP contribution in [0.15, 0.2) is 30.3 Å². The molecule has 0 radical (unpaired) electrons. The zero-order valence-electron chi connectivity index (χ0n) is 17.1. The third-order valence-electron chi connectivity index (χ3n) is 4.92. The fourth-order valence-electron chi connectivity index (χ4n) is 3.31. The minimum atomic E-state index is -1.09. The van der Waals surface area contributed by atoms with Crippen molar-refractivity contribution in [2.75, 3.05) is 26.8 Å². The van der Waals surface area contributed by atoms with E-state index in [-0.39, 0.29) is 19.4 Å². The summed E-state index contributed by atoms with van der Waals surface area (Å²) >= 11 is 0. The van der Waals surface area contributed by atoms with Crippen molar-refractivity contribution in [3.05, 3.63) is 35.9 Å². The molecule has 1 aliphatic heterocycles. The van der Waals surface area contributed by atoms with E-state index < -0.39 is 29.2 Å². The van der Waals surface area contributed by atoms with Gasteiger partial charge in [-0.3, -0.25) is 4.79 Å². The Morgan fingerprint density at radius 1 is 1.18 bits per heavy atom. The summed E-state index contributed by atoms with van der Waals surface area (Å²) in [7, 11) is 1.31. The fraction of sp³-hybridized carbons (Fsp3) is 0.619. The van der Waals surface area contributed by atoms with Gasteiger partial charge in [-0.25, -0.2) is 4.79 Å². The predicted octanol–water partition coefficient (Wildman–Crippen LogP) is 2.75. The summed E-state index contributed by atoms with van der Waals surface area (Å²) < 4.78 is 16.0. The number of hydrogen-bond donors (Lipinski definition) is 1. The Labute approximate surface area is 166 Å². The third kappa shape index (κ3) is 5.69. The van der Waals surface area contributed by atoms with E-state index in [1.165, 1.54) is 7.11 Å². The number of likely N-dealkylation sites (tertiary alicyclic amines) is 1. The molecule has 0 aromatic heterocycles. The highest BCUT2D eigenvalue weighted by atomic mass is 16.6. The summed E-state index contributed by atoms with van der Waals surface area (Å²) in [5, 5.41) is 10.8. The number of rotatable bonds is 6. The third-order valence-corrected chi connectivity index (χ3v) is 4.92. The number of amides is 1. The normalized spacial score (nSPS) is 17.7. The minimum absolute atomic E-state index is 0.0103. The van der Waals surface area contributed by atoms with Crippen molar-refractivity contribution in [3.8, 4) is 0 Å². The van der Waals surface area contributed by atoms with Crippen LogP contribution in [0.2, 0.25) is 0 Å². The second-order valence-corrected chi connectivity index (χ2v) is 8.13. The lowest BCUT2D eigenvalue weighted by Gasteiger charge is -2.42. The molecule has 1 N–H and O–H groups in total. The van der Waals surface area contributed by atoms with Crippen LogP contribution in [0.5, 0.6) is 0 Å². The summed E-state index contributed by atoms with van der Waals surface area (Å²) in [6.07, 6.45) is -0.867. The average Bonchev–Trinajstić information content (AvgIpc) is 2.66. The Morgan fingerprint density at radius 3 is 2.32 bits per heavy atom. The molecule has 7 heteroatoms. The number of hydrogen-bond acceptors (Lipinski definition) is 6. The van der Waals surface area contributed by atoms with Crippen LogP contribution in [0.3, 0.4) is 0 Å². The number of benzene rings is 1. The van der Waals surface area contributed by atoms with Crippen LogP contribution in [0.1, 0.15) is 39.2 Å². The zero-order valence-corrected chi connectivity index (χ0v) is 17.1. The van der Waals surface area contributed by atoms with Gasteiger partial charge in [-0.15, -0.1) is 0 Å². The zero-order chi connectivity index (χ0) is 20.8. The summed E-state index contributed by atoms with van der Waals surface area (Å²) in [5.41, 5.74) is -0.690. The van der Waals surface area contributed by atoms with Gasteiger partial charge in [0.05, 0.1) is 31.8 Å². The molecule has 1 aromatic carbocycles. The highest BCUT2D eigenvalue weighted by Gasteiger charge is 2.49. The first-order chi connectivity index (χ1) is 13.2. The smallest absolute Gasteiger partial charge is 0.410 e. The number of esters is 1. The Bertz CT molecular complexity index is 647. The maximum Gasteiger partial charge on any atom is 0.410 e. The summed E-state index contributed by atoms with van der Waals surface area (Å²) in [6.45, 7) is 6.39. The molecule has 1 atom stereocenters. The van der Waals surface area contributed by atoms with Crippen molar-refractivity contribution in [1.82, 2.24) is 4.90 Å². The van der Waals surface area contributed by atoms with Gasteiger partial charge >= 0.3 is 12.1 Å². The highest BCUT2D eigenvalue weighted by molar-refractivity contribution is 5.78. The Balaban J connectivity index is 1.97. The van der Waals surface area contributed by atoms with E-state index in [1.807, 2.05) is 30.3 Å². The predicted molar refractivity (Wildman–Crippen MR) is 104 cm³/mol. The molecule has 156 valence electrons. The number of nitrogens with zero attached hydrogens (tertiary/aromatic N) is 1. The van der Waals surface area contributed by atoms with Crippen molar-refractivity contribution < 1.29 is 28.9 Å². The van der Waals surface area contributed by atoms with E-state index in [1.54, 1.807) is 25.7 Å². The topological polar surface area (TPSA) is 85.3 Å². The van der Waals surface area contributed by atoms with E-state index in [4.69, 9.17) is 14.2 Å². The van der Waals surface area contributed by atoms with Crippen molar-refractivity contribution in [3.63, 3.8) is 0 Å². The number of piperidine rings is 1. The molecule has 0 bridgehead atoms. The van der Waals surface area contributed by atoms with Gasteiger partial charge in [-0.05, 0) is 39.2 Å². The van der Waals surface area contributed by atoms with Gasteiger partial charge in [0, 0.05) is 13.1 Å². The van der Waals surface area contributed by atoms with Crippen molar-refractivity contribution in [1.29, 1.82) is 0 Å². The second kappa shape index (κ2) is 9.39. The molecule has 1 amide bonds. The molecule has 2 rings (SSSR count). The molecular formula is C21H31NO6. The standard InChI is InChI=1S/C21H31NO6/c1-20(2,3)28-19(25)22-12-10-21(11-13-22,18(24)26-4)17(23)15-27-14-16-8-6-5-7-9-16/h5-9,17,23H,10-15H2,1-4H3. The van der Waals surface area contributed by atoms with Crippen LogP contribution in [-0.4, -0.2) is 60.6 Å². The van der Waals surface area contributed by atoms with Gasteiger partial charge in [0.25, 0.3) is 0 Å². The molecule has 1 aliphatic rings. The van der Waals surface area contributed by atoms with E-state index in [0.29, 0.717) is 19.7 Å². The fourth-order valence-corrected chi connectivity index (χ4v) is 3.31. The monoisotopic (exact) mass is 393 g/mol. The summed E-state index contributed by atoms with van der Waals surface area (Å²) in [5.74, 6) is -0.479. The first-order valence-electron chi connectivity index (χ1n) is 9.54. The molecule has 28 heavy (non-hydrogen) atoms. The van der Waals surface area contributed by atoms with E-state index in [2.05, 4.69) is 0 Å². The number of aliphatic hydroxyl groups is 1. The molecule has 0 spiro atoms. The first-order valence-corrected chi connectivity index (χ1v) is 9.54. The van der Waals surface area contributed by atoms with Crippen molar-refractivity contribution >= 4 is 12.1 Å². The average molecular weight is 393 g/mol. The first kappa shape index (κ1) is 22.2. The maximum absolute atomic E-state index is 12.5. The molecule has 1 aromatic rings. The molecule has 0 aliphatic carbocycles. The second-order valence-electron chi connectivity index (χ2n) is 8.13. The van der Waals surface area contributed by atoms with Crippen LogP contribution in [-0.2, 0) is 25.6 Å². The summed E-state index contributed by atoms with van der Waals surface area (Å²) in [4.78, 5) is 26.3. The lowest BCUT2D eigenvalue weighted by atomic mass is 9.74. The molecule has 7 nitrogen and oxygen atoms in total. The van der Waals surface area contributed by atoms with Crippen LogP contribution in [0, 0.1) is 5.41 Å². The van der Waals surface area contributed by atoms with E-state index in [0.717, 1.165) is 5.56 Å². The summed E-state index contributed by atoms with van der Waals surface area (Å²) in [6, 6.07) is 9.61. The maximum atomic E-state index is 12.5. The van der Waals surface area contributed by atoms with Crippen LogP contribution >= 0.6 is 0 Å². The van der Waals surface area contributed by atoms with Gasteiger partial charge in [-0.2, -0.15) is 0 Å². The quantitative estimate of drug-likeness (QED) is 0.748. The molecule has 1 heterocycles.